The number of nitrogens with zero attached hydrogens (tertiary/aromatic N) is 1. The summed E-state index contributed by atoms with van der Waals surface area (Å²) in [6, 6.07) is 7.73. The minimum atomic E-state index is -0.0738. The van der Waals surface area contributed by atoms with Gasteiger partial charge in [0.1, 0.15) is 0 Å². The molecule has 148 valence electrons. The fraction of sp³-hybridized carbons (Fsp3) is 0.579. The lowest BCUT2D eigenvalue weighted by molar-refractivity contribution is -0.114. The third-order valence-electron chi connectivity index (χ3n) is 3.22. The predicted molar refractivity (Wildman–Crippen MR) is 119 cm³/mol. The Balaban J connectivity index is 0.00000625. The molecule has 0 fully saturated rings. The van der Waals surface area contributed by atoms with Gasteiger partial charge in [0.15, 0.2) is 5.96 Å². The van der Waals surface area contributed by atoms with Gasteiger partial charge in [-0.1, -0.05) is 26.0 Å². The van der Waals surface area contributed by atoms with Gasteiger partial charge in [-0.3, -0.25) is 4.79 Å². The van der Waals surface area contributed by atoms with Gasteiger partial charge in [-0.2, -0.15) is 0 Å². The van der Waals surface area contributed by atoms with E-state index < -0.39 is 0 Å². The van der Waals surface area contributed by atoms with E-state index in [0.717, 1.165) is 49.9 Å². The van der Waals surface area contributed by atoms with E-state index in [1.165, 1.54) is 6.92 Å². The minimum absolute atomic E-state index is 0. The van der Waals surface area contributed by atoms with Gasteiger partial charge in [0.25, 0.3) is 0 Å². The Morgan fingerprint density at radius 3 is 2.69 bits per heavy atom. The molecule has 7 heteroatoms. The van der Waals surface area contributed by atoms with E-state index in [1.807, 2.05) is 31.2 Å². The average Bonchev–Trinajstić information content (AvgIpc) is 2.55. The second-order valence-corrected chi connectivity index (χ2v) is 6.33. The number of rotatable bonds is 10. The average molecular weight is 476 g/mol. The fourth-order valence-electron chi connectivity index (χ4n) is 2.16. The Bertz CT molecular complexity index is 550. The van der Waals surface area contributed by atoms with Crippen molar-refractivity contribution in [3.05, 3.63) is 29.8 Å². The van der Waals surface area contributed by atoms with Gasteiger partial charge < -0.3 is 20.7 Å². The molecule has 1 amide bonds. The topological polar surface area (TPSA) is 74.8 Å². The Morgan fingerprint density at radius 1 is 1.27 bits per heavy atom. The Kier molecular flexibility index (Phi) is 14.0. The Hall–Kier alpha value is -1.35. The van der Waals surface area contributed by atoms with Crippen molar-refractivity contribution in [1.82, 2.24) is 10.6 Å². The molecular formula is C19H33IN4O2. The molecular weight excluding hydrogens is 443 g/mol. The molecule has 1 aromatic rings. The molecule has 0 aromatic heterocycles. The van der Waals surface area contributed by atoms with Gasteiger partial charge in [0.05, 0.1) is 6.54 Å². The van der Waals surface area contributed by atoms with E-state index in [2.05, 4.69) is 34.8 Å². The molecule has 26 heavy (non-hydrogen) atoms. The summed E-state index contributed by atoms with van der Waals surface area (Å²) >= 11 is 0. The summed E-state index contributed by atoms with van der Waals surface area (Å²) < 4.78 is 5.58. The van der Waals surface area contributed by atoms with E-state index in [-0.39, 0.29) is 29.9 Å². The number of carbonyl (C=O) groups is 1. The van der Waals surface area contributed by atoms with Crippen LogP contribution in [-0.2, 0) is 16.1 Å². The smallest absolute Gasteiger partial charge is 0.221 e. The number of ether oxygens (including phenoxy) is 1. The fourth-order valence-corrected chi connectivity index (χ4v) is 2.16. The SMILES string of the molecule is CCNC(=NCc1cccc(NC(C)=O)c1)NCCCOCC(C)C.I. The zero-order valence-electron chi connectivity index (χ0n) is 16.3. The van der Waals surface area contributed by atoms with Crippen LogP contribution in [0.4, 0.5) is 5.69 Å². The third kappa shape index (κ3) is 12.1. The number of guanidine groups is 1. The largest absolute Gasteiger partial charge is 0.381 e. The normalized spacial score (nSPS) is 11.0. The molecule has 0 unspecified atom stereocenters. The first kappa shape index (κ1) is 24.7. The summed E-state index contributed by atoms with van der Waals surface area (Å²) in [7, 11) is 0. The number of hydrogen-bond donors (Lipinski definition) is 3. The van der Waals surface area contributed by atoms with Gasteiger partial charge in [-0.05, 0) is 37.0 Å². The highest BCUT2D eigenvalue weighted by Gasteiger charge is 2.00. The number of aliphatic imine (C=N–C) groups is 1. The highest BCUT2D eigenvalue weighted by Crippen LogP contribution is 2.11. The van der Waals surface area contributed by atoms with Crippen molar-refractivity contribution in [2.24, 2.45) is 10.9 Å². The first-order valence-corrected chi connectivity index (χ1v) is 8.97. The molecule has 0 saturated carbocycles. The van der Waals surface area contributed by atoms with E-state index >= 15 is 0 Å². The van der Waals surface area contributed by atoms with Crippen molar-refractivity contribution in [3.63, 3.8) is 0 Å². The summed E-state index contributed by atoms with van der Waals surface area (Å²) in [6.45, 7) is 11.6. The molecule has 0 aliphatic heterocycles. The number of halogens is 1. The standard InChI is InChI=1S/C19H32N4O2.HI/c1-5-20-19(21-10-7-11-25-14-15(2)3)22-13-17-8-6-9-18(12-17)23-16(4)24;/h6,8-9,12,15H,5,7,10-11,13-14H2,1-4H3,(H,23,24)(H2,20,21,22);1H. The second-order valence-electron chi connectivity index (χ2n) is 6.33. The lowest BCUT2D eigenvalue weighted by atomic mass is 10.2. The summed E-state index contributed by atoms with van der Waals surface area (Å²) in [6.07, 6.45) is 0.940. The van der Waals surface area contributed by atoms with E-state index in [1.54, 1.807) is 0 Å². The van der Waals surface area contributed by atoms with Gasteiger partial charge in [-0.25, -0.2) is 4.99 Å². The lowest BCUT2D eigenvalue weighted by Gasteiger charge is -2.12. The molecule has 0 aliphatic rings. The molecule has 0 spiro atoms. The maximum Gasteiger partial charge on any atom is 0.221 e. The number of carbonyl (C=O) groups excluding carboxylic acids is 1. The first-order valence-electron chi connectivity index (χ1n) is 8.97. The predicted octanol–water partition coefficient (Wildman–Crippen LogP) is 3.38. The Labute approximate surface area is 174 Å². The zero-order chi connectivity index (χ0) is 18.5. The van der Waals surface area contributed by atoms with Crippen LogP contribution < -0.4 is 16.0 Å². The van der Waals surface area contributed by atoms with Crippen molar-refractivity contribution < 1.29 is 9.53 Å². The number of hydrogen-bond acceptors (Lipinski definition) is 3. The van der Waals surface area contributed by atoms with Crippen LogP contribution in [-0.4, -0.2) is 38.2 Å². The summed E-state index contributed by atoms with van der Waals surface area (Å²) in [4.78, 5) is 15.7. The maximum atomic E-state index is 11.1. The van der Waals surface area contributed by atoms with Crippen LogP contribution in [0.5, 0.6) is 0 Å². The van der Waals surface area contributed by atoms with Crippen LogP contribution >= 0.6 is 24.0 Å². The highest BCUT2D eigenvalue weighted by atomic mass is 127. The summed E-state index contributed by atoms with van der Waals surface area (Å²) in [5.41, 5.74) is 1.84. The van der Waals surface area contributed by atoms with E-state index in [0.29, 0.717) is 12.5 Å². The van der Waals surface area contributed by atoms with Crippen molar-refractivity contribution in [2.75, 3.05) is 31.6 Å². The minimum Gasteiger partial charge on any atom is -0.381 e. The van der Waals surface area contributed by atoms with Crippen LogP contribution in [0.15, 0.2) is 29.3 Å². The highest BCUT2D eigenvalue weighted by molar-refractivity contribution is 14.0. The van der Waals surface area contributed by atoms with Crippen LogP contribution in [0, 0.1) is 5.92 Å². The van der Waals surface area contributed by atoms with Crippen molar-refractivity contribution in [3.8, 4) is 0 Å². The van der Waals surface area contributed by atoms with Crippen molar-refractivity contribution >= 4 is 41.5 Å². The molecule has 0 atom stereocenters. The summed E-state index contributed by atoms with van der Waals surface area (Å²) in [5, 5.41) is 9.34. The molecule has 3 N–H and O–H groups in total. The van der Waals surface area contributed by atoms with Gasteiger partial charge in [-0.15, -0.1) is 24.0 Å². The number of nitrogens with one attached hydrogen (secondary N) is 3. The zero-order valence-corrected chi connectivity index (χ0v) is 18.6. The molecule has 0 aliphatic carbocycles. The Morgan fingerprint density at radius 2 is 2.04 bits per heavy atom. The molecule has 0 heterocycles. The van der Waals surface area contributed by atoms with E-state index in [9.17, 15) is 4.79 Å². The molecule has 6 nitrogen and oxygen atoms in total. The maximum absolute atomic E-state index is 11.1. The van der Waals surface area contributed by atoms with E-state index in [4.69, 9.17) is 4.74 Å². The summed E-state index contributed by atoms with van der Waals surface area (Å²) in [5.74, 6) is 1.28. The third-order valence-corrected chi connectivity index (χ3v) is 3.22. The first-order chi connectivity index (χ1) is 12.0. The number of anilines is 1. The lowest BCUT2D eigenvalue weighted by Crippen LogP contribution is -2.38. The van der Waals surface area contributed by atoms with Crippen molar-refractivity contribution in [1.29, 1.82) is 0 Å². The van der Waals surface area contributed by atoms with Gasteiger partial charge >= 0.3 is 0 Å². The number of amides is 1. The van der Waals surface area contributed by atoms with Crippen LogP contribution in [0.2, 0.25) is 0 Å². The van der Waals surface area contributed by atoms with Crippen LogP contribution in [0.25, 0.3) is 0 Å². The van der Waals surface area contributed by atoms with Gasteiger partial charge in [0, 0.05) is 38.9 Å². The molecule has 1 rings (SSSR count). The quantitative estimate of drug-likeness (QED) is 0.210. The van der Waals surface area contributed by atoms with Crippen LogP contribution in [0.1, 0.15) is 39.7 Å². The number of benzene rings is 1. The second kappa shape index (κ2) is 14.8. The molecule has 0 radical (unpaired) electrons. The van der Waals surface area contributed by atoms with Crippen molar-refractivity contribution in [2.45, 2.75) is 40.7 Å². The molecule has 1 aromatic carbocycles. The van der Waals surface area contributed by atoms with Gasteiger partial charge in [0.2, 0.25) is 5.91 Å². The van der Waals surface area contributed by atoms with Crippen LogP contribution in [0.3, 0.4) is 0 Å². The monoisotopic (exact) mass is 476 g/mol. The molecule has 0 bridgehead atoms. The molecule has 0 saturated heterocycles.